The minimum absolute atomic E-state index is 0.0785. The highest BCUT2D eigenvalue weighted by atomic mass is 16.5. The van der Waals surface area contributed by atoms with Gasteiger partial charge in [0.15, 0.2) is 0 Å². The summed E-state index contributed by atoms with van der Waals surface area (Å²) in [6.45, 7) is 6.95. The van der Waals surface area contributed by atoms with Crippen molar-refractivity contribution in [2.75, 3.05) is 24.6 Å². The predicted octanol–water partition coefficient (Wildman–Crippen LogP) is 1.83. The van der Waals surface area contributed by atoms with Crippen LogP contribution in [0.1, 0.15) is 30.9 Å². The van der Waals surface area contributed by atoms with Crippen LogP contribution in [0.2, 0.25) is 0 Å². The van der Waals surface area contributed by atoms with Crippen LogP contribution in [-0.4, -0.2) is 43.1 Å². The van der Waals surface area contributed by atoms with E-state index in [0.717, 1.165) is 25.7 Å². The van der Waals surface area contributed by atoms with Gasteiger partial charge in [0.1, 0.15) is 0 Å². The molecule has 3 rings (SSSR count). The molecule has 0 spiro atoms. The molecule has 1 aliphatic heterocycles. The molecule has 1 saturated heterocycles. The minimum Gasteiger partial charge on any atom is -0.394 e. The smallest absolute Gasteiger partial charge is 0.0984 e. The maximum Gasteiger partial charge on any atom is 0.0984 e. The average Bonchev–Trinajstić information content (AvgIpc) is 3.29. The monoisotopic (exact) mass is 290 g/mol. The van der Waals surface area contributed by atoms with Crippen LogP contribution >= 0.6 is 0 Å². The van der Waals surface area contributed by atoms with Crippen LogP contribution in [0, 0.1) is 6.92 Å². The first-order valence-corrected chi connectivity index (χ1v) is 8.00. The summed E-state index contributed by atoms with van der Waals surface area (Å²) in [6, 6.07) is 7.43. The summed E-state index contributed by atoms with van der Waals surface area (Å²) in [5, 5.41) is 12.9. The summed E-state index contributed by atoms with van der Waals surface area (Å²) < 4.78 is 5.71. The van der Waals surface area contributed by atoms with Crippen molar-refractivity contribution in [3.05, 3.63) is 29.3 Å². The third kappa shape index (κ3) is 3.76. The molecule has 21 heavy (non-hydrogen) atoms. The van der Waals surface area contributed by atoms with E-state index in [1.54, 1.807) is 0 Å². The Kier molecular flexibility index (Phi) is 4.48. The van der Waals surface area contributed by atoms with E-state index < -0.39 is 0 Å². The molecular weight excluding hydrogens is 264 g/mol. The number of hydrogen-bond donors (Lipinski definition) is 2. The molecule has 0 bridgehead atoms. The van der Waals surface area contributed by atoms with E-state index in [2.05, 4.69) is 42.3 Å². The number of rotatable bonds is 5. The predicted molar refractivity (Wildman–Crippen MR) is 84.7 cm³/mol. The number of hydrogen-bond acceptors (Lipinski definition) is 4. The Balaban J connectivity index is 1.68. The molecule has 2 unspecified atom stereocenters. The van der Waals surface area contributed by atoms with Gasteiger partial charge >= 0.3 is 0 Å². The van der Waals surface area contributed by atoms with E-state index in [1.807, 2.05) is 0 Å². The Morgan fingerprint density at radius 1 is 1.33 bits per heavy atom. The van der Waals surface area contributed by atoms with Gasteiger partial charge < -0.3 is 20.1 Å². The molecule has 116 valence electrons. The zero-order chi connectivity index (χ0) is 14.8. The number of anilines is 1. The van der Waals surface area contributed by atoms with E-state index in [1.165, 1.54) is 29.7 Å². The normalized spacial score (nSPS) is 26.1. The van der Waals surface area contributed by atoms with Crippen LogP contribution in [0.4, 0.5) is 5.69 Å². The molecule has 2 aliphatic rings. The zero-order valence-corrected chi connectivity index (χ0v) is 13.0. The number of benzene rings is 1. The topological polar surface area (TPSA) is 44.7 Å². The molecular formula is C17H26N2O2. The van der Waals surface area contributed by atoms with Gasteiger partial charge in [-0.2, -0.15) is 0 Å². The van der Waals surface area contributed by atoms with Gasteiger partial charge in [0.25, 0.3) is 0 Å². The van der Waals surface area contributed by atoms with E-state index in [0.29, 0.717) is 0 Å². The summed E-state index contributed by atoms with van der Waals surface area (Å²) in [5.74, 6) is 0. The molecule has 2 N–H and O–H groups in total. The number of nitrogens with zero attached hydrogens (tertiary/aromatic N) is 1. The third-order valence-corrected chi connectivity index (χ3v) is 4.38. The van der Waals surface area contributed by atoms with Gasteiger partial charge in [0.2, 0.25) is 0 Å². The second-order valence-corrected chi connectivity index (χ2v) is 6.42. The van der Waals surface area contributed by atoms with Crippen LogP contribution in [0.5, 0.6) is 0 Å². The lowest BCUT2D eigenvalue weighted by molar-refractivity contribution is -0.0421. The van der Waals surface area contributed by atoms with E-state index in [9.17, 15) is 5.11 Å². The van der Waals surface area contributed by atoms with Crippen LogP contribution in [0.3, 0.4) is 0 Å². The first kappa shape index (κ1) is 14.8. The quantitative estimate of drug-likeness (QED) is 0.868. The van der Waals surface area contributed by atoms with Crippen molar-refractivity contribution in [1.29, 1.82) is 0 Å². The van der Waals surface area contributed by atoms with Gasteiger partial charge in [-0.15, -0.1) is 0 Å². The molecule has 4 nitrogen and oxygen atoms in total. The van der Waals surface area contributed by atoms with Crippen LogP contribution in [0.15, 0.2) is 18.2 Å². The molecule has 1 saturated carbocycles. The summed E-state index contributed by atoms with van der Waals surface area (Å²) in [6.07, 6.45) is 2.73. The summed E-state index contributed by atoms with van der Waals surface area (Å²) >= 11 is 0. The standard InChI is InChI=1S/C17H26N2O2/c1-12-7-16(6-3-14(12)8-18-15-4-5-15)19-9-13(2)21-17(10-19)11-20/h3,6-7,13,15,17-18,20H,4-5,8-11H2,1-2H3. The van der Waals surface area contributed by atoms with Gasteiger partial charge in [0.05, 0.1) is 18.8 Å². The van der Waals surface area contributed by atoms with Gasteiger partial charge in [-0.05, 0) is 49.9 Å². The Labute approximate surface area is 127 Å². The molecule has 1 aromatic rings. The lowest BCUT2D eigenvalue weighted by Gasteiger charge is -2.37. The van der Waals surface area contributed by atoms with Gasteiger partial charge in [-0.25, -0.2) is 0 Å². The molecule has 1 aliphatic carbocycles. The molecule has 2 atom stereocenters. The molecule has 4 heteroatoms. The molecule has 0 amide bonds. The summed E-state index contributed by atoms with van der Waals surface area (Å²) in [4.78, 5) is 2.32. The Hall–Kier alpha value is -1.10. The molecule has 1 aromatic carbocycles. The fourth-order valence-corrected chi connectivity index (χ4v) is 2.97. The Morgan fingerprint density at radius 2 is 2.14 bits per heavy atom. The van der Waals surface area contributed by atoms with Crippen molar-refractivity contribution in [2.24, 2.45) is 0 Å². The van der Waals surface area contributed by atoms with Crippen LogP contribution in [0.25, 0.3) is 0 Å². The van der Waals surface area contributed by atoms with Gasteiger partial charge in [-0.3, -0.25) is 0 Å². The highest BCUT2D eigenvalue weighted by Crippen LogP contribution is 2.24. The van der Waals surface area contributed by atoms with E-state index in [4.69, 9.17) is 4.74 Å². The van der Waals surface area contributed by atoms with Crippen molar-refractivity contribution in [3.63, 3.8) is 0 Å². The largest absolute Gasteiger partial charge is 0.394 e. The second kappa shape index (κ2) is 6.34. The molecule has 1 heterocycles. The van der Waals surface area contributed by atoms with Crippen molar-refractivity contribution in [3.8, 4) is 0 Å². The third-order valence-electron chi connectivity index (χ3n) is 4.38. The van der Waals surface area contributed by atoms with Crippen LogP contribution < -0.4 is 10.2 Å². The minimum atomic E-state index is -0.0785. The summed E-state index contributed by atoms with van der Waals surface area (Å²) in [7, 11) is 0. The number of ether oxygens (including phenoxy) is 1. The fraction of sp³-hybridized carbons (Fsp3) is 0.647. The lowest BCUT2D eigenvalue weighted by atomic mass is 10.1. The maximum absolute atomic E-state index is 9.34. The Bertz CT molecular complexity index is 488. The Morgan fingerprint density at radius 3 is 2.81 bits per heavy atom. The lowest BCUT2D eigenvalue weighted by Crippen LogP contribution is -2.48. The number of aryl methyl sites for hydroxylation is 1. The SMILES string of the molecule is Cc1cc(N2CC(C)OC(CO)C2)ccc1CNC1CC1. The van der Waals surface area contributed by atoms with Crippen LogP contribution in [-0.2, 0) is 11.3 Å². The maximum atomic E-state index is 9.34. The number of morpholine rings is 1. The van der Waals surface area contributed by atoms with Crippen molar-refractivity contribution >= 4 is 5.69 Å². The molecule has 2 fully saturated rings. The summed E-state index contributed by atoms with van der Waals surface area (Å²) in [5.41, 5.74) is 3.95. The van der Waals surface area contributed by atoms with Crippen molar-refractivity contribution < 1.29 is 9.84 Å². The van der Waals surface area contributed by atoms with Gasteiger partial charge in [-0.1, -0.05) is 6.07 Å². The van der Waals surface area contributed by atoms with Crippen molar-refractivity contribution in [1.82, 2.24) is 5.32 Å². The van der Waals surface area contributed by atoms with E-state index in [-0.39, 0.29) is 18.8 Å². The highest BCUT2D eigenvalue weighted by Gasteiger charge is 2.25. The fourth-order valence-electron chi connectivity index (χ4n) is 2.97. The highest BCUT2D eigenvalue weighted by molar-refractivity contribution is 5.51. The first-order chi connectivity index (χ1) is 10.2. The number of nitrogens with one attached hydrogen (secondary N) is 1. The molecule has 0 aromatic heterocycles. The van der Waals surface area contributed by atoms with Gasteiger partial charge in [0, 0.05) is 31.4 Å². The molecule has 0 radical (unpaired) electrons. The van der Waals surface area contributed by atoms with Crippen molar-refractivity contribution in [2.45, 2.75) is 51.5 Å². The average molecular weight is 290 g/mol. The van der Waals surface area contributed by atoms with E-state index >= 15 is 0 Å². The first-order valence-electron chi connectivity index (χ1n) is 8.00. The number of aliphatic hydroxyl groups excluding tert-OH is 1. The zero-order valence-electron chi connectivity index (χ0n) is 13.0. The number of aliphatic hydroxyl groups is 1. The second-order valence-electron chi connectivity index (χ2n) is 6.42.